The minimum atomic E-state index is 0.0169. The zero-order chi connectivity index (χ0) is 15.2. The molecule has 0 radical (unpaired) electrons. The molecule has 2 aromatic heterocycles. The van der Waals surface area contributed by atoms with Crippen molar-refractivity contribution in [3.63, 3.8) is 0 Å². The number of thiazole rings is 1. The van der Waals surface area contributed by atoms with Gasteiger partial charge < -0.3 is 15.4 Å². The van der Waals surface area contributed by atoms with Crippen LogP contribution in [0, 0.1) is 6.92 Å². The molecule has 0 saturated carbocycles. The molecule has 0 fully saturated rings. The highest BCUT2D eigenvalue weighted by Crippen LogP contribution is 2.13. The maximum absolute atomic E-state index is 5.51. The summed E-state index contributed by atoms with van der Waals surface area (Å²) in [6, 6.07) is 0.317. The van der Waals surface area contributed by atoms with Gasteiger partial charge >= 0.3 is 6.01 Å². The summed E-state index contributed by atoms with van der Waals surface area (Å²) >= 11 is 1.66. The molecule has 7 nitrogen and oxygen atoms in total. The topological polar surface area (TPSA) is 84.9 Å². The molecule has 2 heterocycles. The van der Waals surface area contributed by atoms with Crippen LogP contribution in [-0.2, 0) is 6.42 Å². The number of rotatable bonds is 7. The van der Waals surface area contributed by atoms with Gasteiger partial charge in [0.1, 0.15) is 0 Å². The molecular weight excluding hydrogens is 288 g/mol. The molecule has 2 aromatic rings. The van der Waals surface area contributed by atoms with Gasteiger partial charge in [0, 0.05) is 31.1 Å². The molecule has 0 aromatic carbocycles. The molecule has 0 saturated heterocycles. The Hall–Kier alpha value is -1.96. The molecule has 2 N–H and O–H groups in total. The summed E-state index contributed by atoms with van der Waals surface area (Å²) in [7, 11) is 1.76. The molecule has 0 amide bonds. The van der Waals surface area contributed by atoms with E-state index >= 15 is 0 Å². The average Bonchev–Trinajstić information content (AvgIpc) is 2.83. The number of aromatic nitrogens is 4. The number of aryl methyl sites for hydroxylation is 1. The van der Waals surface area contributed by atoms with Crippen molar-refractivity contribution in [3.8, 4) is 6.01 Å². The molecule has 21 heavy (non-hydrogen) atoms. The van der Waals surface area contributed by atoms with Gasteiger partial charge in [-0.05, 0) is 20.8 Å². The lowest BCUT2D eigenvalue weighted by Gasteiger charge is -2.10. The van der Waals surface area contributed by atoms with Gasteiger partial charge in [-0.25, -0.2) is 4.98 Å². The fourth-order valence-electron chi connectivity index (χ4n) is 1.61. The highest BCUT2D eigenvalue weighted by atomic mass is 32.1. The van der Waals surface area contributed by atoms with Gasteiger partial charge in [0.05, 0.1) is 11.1 Å². The summed E-state index contributed by atoms with van der Waals surface area (Å²) in [6.45, 7) is 6.57. The Labute approximate surface area is 128 Å². The van der Waals surface area contributed by atoms with Crippen molar-refractivity contribution in [2.75, 3.05) is 24.2 Å². The zero-order valence-corrected chi connectivity index (χ0v) is 13.5. The van der Waals surface area contributed by atoms with Gasteiger partial charge in [-0.2, -0.15) is 15.0 Å². The third-order valence-corrected chi connectivity index (χ3v) is 3.49. The third kappa shape index (κ3) is 4.82. The molecule has 0 atom stereocenters. The maximum Gasteiger partial charge on any atom is 0.323 e. The van der Waals surface area contributed by atoms with Gasteiger partial charge in [-0.1, -0.05) is 0 Å². The lowest BCUT2D eigenvalue weighted by Crippen LogP contribution is -2.14. The van der Waals surface area contributed by atoms with Crippen LogP contribution in [0.4, 0.5) is 11.9 Å². The molecule has 0 spiro atoms. The second-order valence-corrected chi connectivity index (χ2v) is 5.68. The van der Waals surface area contributed by atoms with Crippen molar-refractivity contribution >= 4 is 23.2 Å². The molecule has 114 valence electrons. The van der Waals surface area contributed by atoms with Crippen molar-refractivity contribution in [1.82, 2.24) is 19.9 Å². The molecule has 0 aliphatic carbocycles. The van der Waals surface area contributed by atoms with Gasteiger partial charge in [0.2, 0.25) is 11.9 Å². The van der Waals surface area contributed by atoms with E-state index in [9.17, 15) is 0 Å². The van der Waals surface area contributed by atoms with Crippen LogP contribution in [0.15, 0.2) is 5.38 Å². The van der Waals surface area contributed by atoms with Crippen LogP contribution < -0.4 is 15.4 Å². The molecular formula is C13H20N6OS. The lowest BCUT2D eigenvalue weighted by atomic mass is 10.4. The van der Waals surface area contributed by atoms with E-state index < -0.39 is 0 Å². The van der Waals surface area contributed by atoms with E-state index in [1.807, 2.05) is 26.2 Å². The number of hydrogen-bond acceptors (Lipinski definition) is 8. The number of anilines is 2. The second-order valence-electron chi connectivity index (χ2n) is 4.74. The highest BCUT2D eigenvalue weighted by Gasteiger charge is 2.08. The third-order valence-electron chi connectivity index (χ3n) is 2.47. The summed E-state index contributed by atoms with van der Waals surface area (Å²) in [4.78, 5) is 17.1. The van der Waals surface area contributed by atoms with Crippen LogP contribution in [-0.4, -0.2) is 39.6 Å². The van der Waals surface area contributed by atoms with Crippen molar-refractivity contribution in [3.05, 3.63) is 16.1 Å². The summed E-state index contributed by atoms with van der Waals surface area (Å²) in [5.74, 6) is 0.978. The monoisotopic (exact) mass is 308 g/mol. The molecule has 2 rings (SSSR count). The Balaban J connectivity index is 1.97. The van der Waals surface area contributed by atoms with Crippen LogP contribution in [0.2, 0.25) is 0 Å². The van der Waals surface area contributed by atoms with Crippen molar-refractivity contribution in [2.24, 2.45) is 0 Å². The second kappa shape index (κ2) is 7.16. The number of hydrogen-bond donors (Lipinski definition) is 2. The van der Waals surface area contributed by atoms with E-state index in [1.54, 1.807) is 18.4 Å². The smallest absolute Gasteiger partial charge is 0.323 e. The fraction of sp³-hybridized carbons (Fsp3) is 0.538. The van der Waals surface area contributed by atoms with E-state index in [2.05, 4.69) is 30.6 Å². The van der Waals surface area contributed by atoms with Crippen molar-refractivity contribution in [2.45, 2.75) is 33.3 Å². The Morgan fingerprint density at radius 1 is 1.19 bits per heavy atom. The number of nitrogens with zero attached hydrogens (tertiary/aromatic N) is 4. The van der Waals surface area contributed by atoms with Crippen molar-refractivity contribution in [1.29, 1.82) is 0 Å². The maximum atomic E-state index is 5.51. The predicted molar refractivity (Wildman–Crippen MR) is 84.2 cm³/mol. The molecule has 0 aliphatic heterocycles. The van der Waals surface area contributed by atoms with E-state index in [-0.39, 0.29) is 6.10 Å². The Morgan fingerprint density at radius 3 is 2.57 bits per heavy atom. The van der Waals surface area contributed by atoms with E-state index in [0.29, 0.717) is 24.5 Å². The largest absolute Gasteiger partial charge is 0.461 e. The highest BCUT2D eigenvalue weighted by molar-refractivity contribution is 7.09. The SMILES string of the molecule is CNc1nc(NCCc2nc(C)cs2)nc(OC(C)C)n1. The van der Waals surface area contributed by atoms with E-state index in [0.717, 1.165) is 17.1 Å². The molecule has 8 heteroatoms. The van der Waals surface area contributed by atoms with Gasteiger partial charge in [-0.15, -0.1) is 11.3 Å². The fourth-order valence-corrected chi connectivity index (χ4v) is 2.39. The van der Waals surface area contributed by atoms with Gasteiger partial charge in [0.15, 0.2) is 0 Å². The van der Waals surface area contributed by atoms with Crippen LogP contribution in [0.1, 0.15) is 24.5 Å². The van der Waals surface area contributed by atoms with Crippen LogP contribution in [0.25, 0.3) is 0 Å². The first-order valence-corrected chi connectivity index (χ1v) is 7.70. The average molecular weight is 308 g/mol. The zero-order valence-electron chi connectivity index (χ0n) is 12.7. The van der Waals surface area contributed by atoms with Gasteiger partial charge in [-0.3, -0.25) is 0 Å². The van der Waals surface area contributed by atoms with E-state index in [1.165, 1.54) is 0 Å². The first-order valence-electron chi connectivity index (χ1n) is 6.82. The van der Waals surface area contributed by atoms with Crippen LogP contribution in [0.5, 0.6) is 6.01 Å². The van der Waals surface area contributed by atoms with Gasteiger partial charge in [0.25, 0.3) is 0 Å². The lowest BCUT2D eigenvalue weighted by molar-refractivity contribution is 0.222. The summed E-state index contributed by atoms with van der Waals surface area (Å²) < 4.78 is 5.51. The Bertz CT molecular complexity index is 586. The predicted octanol–water partition coefficient (Wildman–Crippen LogP) is 2.12. The van der Waals surface area contributed by atoms with Crippen molar-refractivity contribution < 1.29 is 4.74 Å². The molecule has 0 bridgehead atoms. The minimum Gasteiger partial charge on any atom is -0.461 e. The minimum absolute atomic E-state index is 0.0169. The normalized spacial score (nSPS) is 10.7. The van der Waals surface area contributed by atoms with Crippen LogP contribution >= 0.6 is 11.3 Å². The quantitative estimate of drug-likeness (QED) is 0.810. The molecule has 0 unspecified atom stereocenters. The summed E-state index contributed by atoms with van der Waals surface area (Å²) in [5, 5.41) is 9.22. The first kappa shape index (κ1) is 15.4. The summed E-state index contributed by atoms with van der Waals surface area (Å²) in [5.41, 5.74) is 1.06. The molecule has 0 aliphatic rings. The summed E-state index contributed by atoms with van der Waals surface area (Å²) in [6.07, 6.45) is 0.850. The first-order chi connectivity index (χ1) is 10.1. The standard InChI is InChI=1S/C13H20N6OS/c1-8(2)20-13-18-11(14-4)17-12(19-13)15-6-5-10-16-9(3)7-21-10/h7-8H,5-6H2,1-4H3,(H2,14,15,17,18,19). The number of nitrogens with one attached hydrogen (secondary N) is 2. The Kier molecular flexibility index (Phi) is 5.26. The Morgan fingerprint density at radius 2 is 1.95 bits per heavy atom. The van der Waals surface area contributed by atoms with Crippen LogP contribution in [0.3, 0.4) is 0 Å². The van der Waals surface area contributed by atoms with E-state index in [4.69, 9.17) is 4.74 Å². The number of ether oxygens (including phenoxy) is 1.